The number of hydrogen-bond acceptors (Lipinski definition) is 4. The van der Waals surface area contributed by atoms with Gasteiger partial charge in [0.1, 0.15) is 5.01 Å². The molecule has 0 aliphatic heterocycles. The molecule has 16 heavy (non-hydrogen) atoms. The molecule has 4 nitrogen and oxygen atoms in total. The van der Waals surface area contributed by atoms with Gasteiger partial charge in [0, 0.05) is 30.9 Å². The molecule has 0 radical (unpaired) electrons. The summed E-state index contributed by atoms with van der Waals surface area (Å²) in [7, 11) is 1.66. The molecule has 0 saturated carbocycles. The molecule has 0 aromatic carbocycles. The number of hydrogen-bond donors (Lipinski definition) is 2. The van der Waals surface area contributed by atoms with E-state index in [0.717, 1.165) is 17.2 Å². The first-order valence-corrected chi connectivity index (χ1v) is 6.21. The molecular formula is C11H19N3OS. The van der Waals surface area contributed by atoms with E-state index in [9.17, 15) is 4.79 Å². The molecule has 1 rings (SSSR count). The van der Waals surface area contributed by atoms with E-state index in [2.05, 4.69) is 22.5 Å². The zero-order chi connectivity index (χ0) is 12.1. The van der Waals surface area contributed by atoms with Crippen LogP contribution in [-0.4, -0.2) is 24.0 Å². The van der Waals surface area contributed by atoms with E-state index in [4.69, 9.17) is 0 Å². The molecule has 90 valence electrons. The minimum Gasteiger partial charge on any atom is -0.359 e. The van der Waals surface area contributed by atoms with Crippen molar-refractivity contribution in [3.63, 3.8) is 0 Å². The Labute approximate surface area is 100 Å². The van der Waals surface area contributed by atoms with Gasteiger partial charge in [-0.15, -0.1) is 11.3 Å². The number of carbonyl (C=O) groups excluding carboxylic acids is 1. The third-order valence-corrected chi connectivity index (χ3v) is 3.52. The Bertz CT molecular complexity index is 343. The highest BCUT2D eigenvalue weighted by atomic mass is 32.1. The lowest BCUT2D eigenvalue weighted by Crippen LogP contribution is -2.31. The first-order valence-electron chi connectivity index (χ1n) is 5.39. The largest absolute Gasteiger partial charge is 0.359 e. The standard InChI is InChI=1S/C11H19N3OS/c1-7(5-10(15)12-4)13-6-11-14-8(2)9(3)16-11/h7,13H,5-6H2,1-4H3,(H,12,15). The number of thiazole rings is 1. The summed E-state index contributed by atoms with van der Waals surface area (Å²) in [5, 5.41) is 6.99. The number of aromatic nitrogens is 1. The van der Waals surface area contributed by atoms with Crippen molar-refractivity contribution >= 4 is 17.2 Å². The van der Waals surface area contributed by atoms with E-state index >= 15 is 0 Å². The molecule has 1 heterocycles. The molecule has 0 fully saturated rings. The van der Waals surface area contributed by atoms with Gasteiger partial charge in [0.25, 0.3) is 0 Å². The predicted molar refractivity (Wildman–Crippen MR) is 66.6 cm³/mol. The summed E-state index contributed by atoms with van der Waals surface area (Å²) >= 11 is 1.71. The van der Waals surface area contributed by atoms with Gasteiger partial charge in [-0.1, -0.05) is 0 Å². The molecule has 1 aromatic heterocycles. The average Bonchev–Trinajstić information content (AvgIpc) is 2.55. The van der Waals surface area contributed by atoms with Crippen molar-refractivity contribution in [3.05, 3.63) is 15.6 Å². The molecule has 0 spiro atoms. The molecule has 0 aliphatic rings. The van der Waals surface area contributed by atoms with E-state index in [1.807, 2.05) is 13.8 Å². The second kappa shape index (κ2) is 5.96. The van der Waals surface area contributed by atoms with Crippen molar-refractivity contribution in [2.24, 2.45) is 0 Å². The van der Waals surface area contributed by atoms with Gasteiger partial charge in [0.05, 0.1) is 5.69 Å². The van der Waals surface area contributed by atoms with Crippen molar-refractivity contribution in [3.8, 4) is 0 Å². The van der Waals surface area contributed by atoms with Crippen LogP contribution in [0.25, 0.3) is 0 Å². The molecule has 1 atom stereocenters. The molecule has 1 unspecified atom stereocenters. The molecule has 0 saturated heterocycles. The topological polar surface area (TPSA) is 54.0 Å². The van der Waals surface area contributed by atoms with Crippen molar-refractivity contribution in [2.75, 3.05) is 7.05 Å². The molecule has 0 aliphatic carbocycles. The van der Waals surface area contributed by atoms with Crippen molar-refractivity contribution in [1.82, 2.24) is 15.6 Å². The van der Waals surface area contributed by atoms with E-state index in [0.29, 0.717) is 6.42 Å². The van der Waals surface area contributed by atoms with Gasteiger partial charge in [0.15, 0.2) is 0 Å². The quantitative estimate of drug-likeness (QED) is 0.818. The van der Waals surface area contributed by atoms with Gasteiger partial charge in [-0.05, 0) is 20.8 Å². The van der Waals surface area contributed by atoms with Crippen LogP contribution in [-0.2, 0) is 11.3 Å². The second-order valence-corrected chi connectivity index (χ2v) is 5.20. The SMILES string of the molecule is CNC(=O)CC(C)NCc1nc(C)c(C)s1. The van der Waals surface area contributed by atoms with Gasteiger partial charge in [-0.3, -0.25) is 4.79 Å². The third kappa shape index (κ3) is 3.90. The number of carbonyl (C=O) groups is 1. The summed E-state index contributed by atoms with van der Waals surface area (Å²) < 4.78 is 0. The first kappa shape index (κ1) is 13.1. The maximum absolute atomic E-state index is 11.1. The van der Waals surface area contributed by atoms with Crippen LogP contribution < -0.4 is 10.6 Å². The van der Waals surface area contributed by atoms with Crippen LogP contribution in [0.4, 0.5) is 0 Å². The van der Waals surface area contributed by atoms with Crippen molar-refractivity contribution in [1.29, 1.82) is 0 Å². The Hall–Kier alpha value is -0.940. The highest BCUT2D eigenvalue weighted by Gasteiger charge is 2.08. The minimum absolute atomic E-state index is 0.0616. The summed E-state index contributed by atoms with van der Waals surface area (Å²) in [6.07, 6.45) is 0.500. The Morgan fingerprint density at radius 3 is 2.69 bits per heavy atom. The summed E-state index contributed by atoms with van der Waals surface area (Å²) in [6, 6.07) is 0.171. The lowest BCUT2D eigenvalue weighted by atomic mass is 10.2. The maximum Gasteiger partial charge on any atom is 0.221 e. The number of aryl methyl sites for hydroxylation is 2. The Morgan fingerprint density at radius 2 is 2.19 bits per heavy atom. The van der Waals surface area contributed by atoms with Crippen LogP contribution in [0.15, 0.2) is 0 Å². The van der Waals surface area contributed by atoms with E-state index < -0.39 is 0 Å². The van der Waals surface area contributed by atoms with E-state index in [1.54, 1.807) is 18.4 Å². The summed E-state index contributed by atoms with van der Waals surface area (Å²) in [6.45, 7) is 6.83. The van der Waals surface area contributed by atoms with Gasteiger partial charge >= 0.3 is 0 Å². The van der Waals surface area contributed by atoms with Gasteiger partial charge < -0.3 is 10.6 Å². The third-order valence-electron chi connectivity index (χ3n) is 2.44. The predicted octanol–water partition coefficient (Wildman–Crippen LogP) is 1.37. The zero-order valence-corrected chi connectivity index (χ0v) is 11.1. The Kier molecular flexibility index (Phi) is 4.89. The van der Waals surface area contributed by atoms with Crippen molar-refractivity contribution < 1.29 is 4.79 Å². The fourth-order valence-corrected chi connectivity index (χ4v) is 2.21. The number of nitrogens with zero attached hydrogens (tertiary/aromatic N) is 1. The number of rotatable bonds is 5. The molecule has 5 heteroatoms. The first-order chi connectivity index (χ1) is 7.52. The van der Waals surface area contributed by atoms with Crippen LogP contribution in [0.2, 0.25) is 0 Å². The normalized spacial score (nSPS) is 12.5. The molecule has 2 N–H and O–H groups in total. The fraction of sp³-hybridized carbons (Fsp3) is 0.636. The van der Waals surface area contributed by atoms with Crippen LogP contribution in [0.3, 0.4) is 0 Å². The summed E-state index contributed by atoms with van der Waals surface area (Å²) in [4.78, 5) is 16.8. The van der Waals surface area contributed by atoms with Crippen LogP contribution in [0.1, 0.15) is 28.9 Å². The molecule has 1 aromatic rings. The summed E-state index contributed by atoms with van der Waals surface area (Å²) in [5.74, 6) is 0.0616. The highest BCUT2D eigenvalue weighted by Crippen LogP contribution is 2.16. The van der Waals surface area contributed by atoms with Gasteiger partial charge in [0.2, 0.25) is 5.91 Å². The highest BCUT2D eigenvalue weighted by molar-refractivity contribution is 7.11. The number of amides is 1. The lowest BCUT2D eigenvalue weighted by Gasteiger charge is -2.11. The van der Waals surface area contributed by atoms with Crippen LogP contribution in [0.5, 0.6) is 0 Å². The monoisotopic (exact) mass is 241 g/mol. The van der Waals surface area contributed by atoms with E-state index in [-0.39, 0.29) is 11.9 Å². The van der Waals surface area contributed by atoms with Crippen LogP contribution in [0, 0.1) is 13.8 Å². The maximum atomic E-state index is 11.1. The van der Waals surface area contributed by atoms with Gasteiger partial charge in [-0.25, -0.2) is 4.98 Å². The Balaban J connectivity index is 2.36. The second-order valence-electron chi connectivity index (χ2n) is 3.91. The van der Waals surface area contributed by atoms with E-state index in [1.165, 1.54) is 4.88 Å². The van der Waals surface area contributed by atoms with Crippen molar-refractivity contribution in [2.45, 2.75) is 39.8 Å². The zero-order valence-electron chi connectivity index (χ0n) is 10.3. The molecular weight excluding hydrogens is 222 g/mol. The Morgan fingerprint density at radius 1 is 1.50 bits per heavy atom. The molecule has 0 bridgehead atoms. The van der Waals surface area contributed by atoms with Gasteiger partial charge in [-0.2, -0.15) is 0 Å². The number of nitrogens with one attached hydrogen (secondary N) is 2. The average molecular weight is 241 g/mol. The lowest BCUT2D eigenvalue weighted by molar-refractivity contribution is -0.121. The minimum atomic E-state index is 0.0616. The molecule has 1 amide bonds. The smallest absolute Gasteiger partial charge is 0.221 e. The fourth-order valence-electron chi connectivity index (χ4n) is 1.33. The van der Waals surface area contributed by atoms with Crippen LogP contribution >= 0.6 is 11.3 Å². The summed E-state index contributed by atoms with van der Waals surface area (Å²) in [5.41, 5.74) is 1.10.